The molecule has 0 aliphatic carbocycles. The smallest absolute Gasteiger partial charge is 0.408 e. The van der Waals surface area contributed by atoms with Gasteiger partial charge in [-0.3, -0.25) is 14.5 Å². The van der Waals surface area contributed by atoms with Crippen LogP contribution in [0.15, 0.2) is 48.5 Å². The molecule has 204 valence electrons. The highest BCUT2D eigenvalue weighted by Crippen LogP contribution is 2.24. The Morgan fingerprint density at radius 2 is 1.53 bits per heavy atom. The molecule has 1 fully saturated rings. The highest BCUT2D eigenvalue weighted by Gasteiger charge is 2.32. The zero-order valence-electron chi connectivity index (χ0n) is 22.4. The lowest BCUT2D eigenvalue weighted by molar-refractivity contribution is -0.135. The molecule has 2 aromatic carbocycles. The van der Waals surface area contributed by atoms with Crippen LogP contribution >= 0.6 is 0 Å². The van der Waals surface area contributed by atoms with Gasteiger partial charge in [0.15, 0.2) is 0 Å². The number of alkyl carbamates (subject to hydrolysis) is 1. The minimum atomic E-state index is -0.858. The number of amides is 3. The molecule has 0 radical (unpaired) electrons. The van der Waals surface area contributed by atoms with Crippen molar-refractivity contribution in [2.24, 2.45) is 0 Å². The van der Waals surface area contributed by atoms with E-state index in [0.717, 1.165) is 16.7 Å². The summed E-state index contributed by atoms with van der Waals surface area (Å²) >= 11 is 0. The number of hydrogen-bond acceptors (Lipinski definition) is 5. The van der Waals surface area contributed by atoms with Crippen LogP contribution in [0.25, 0.3) is 0 Å². The summed E-state index contributed by atoms with van der Waals surface area (Å²) in [5.74, 6) is -0.514. The van der Waals surface area contributed by atoms with E-state index in [9.17, 15) is 18.8 Å². The lowest BCUT2D eigenvalue weighted by atomic mass is 10.1. The molecule has 0 bridgehead atoms. The molecule has 9 heteroatoms. The number of halogens is 1. The number of piperazine rings is 1. The third-order valence-corrected chi connectivity index (χ3v) is 6.83. The second-order valence-corrected chi connectivity index (χ2v) is 11.0. The molecule has 1 saturated heterocycles. The van der Waals surface area contributed by atoms with Gasteiger partial charge in [0.2, 0.25) is 11.8 Å². The van der Waals surface area contributed by atoms with Gasteiger partial charge in [-0.25, -0.2) is 9.18 Å². The third kappa shape index (κ3) is 7.54. The number of benzene rings is 2. The van der Waals surface area contributed by atoms with E-state index in [1.54, 1.807) is 37.8 Å². The van der Waals surface area contributed by atoms with E-state index in [0.29, 0.717) is 45.8 Å². The monoisotopic (exact) mass is 524 g/mol. The van der Waals surface area contributed by atoms with Crippen molar-refractivity contribution >= 4 is 17.9 Å². The van der Waals surface area contributed by atoms with E-state index in [1.165, 1.54) is 12.1 Å². The lowest BCUT2D eigenvalue weighted by Gasteiger charge is -2.35. The number of carbonyl (C=O) groups is 3. The Labute approximate surface area is 223 Å². The predicted molar refractivity (Wildman–Crippen MR) is 141 cm³/mol. The van der Waals surface area contributed by atoms with Gasteiger partial charge in [0.05, 0.1) is 0 Å². The SMILES string of the molecule is CC(C)(C)OC(=O)N[C@@H](CCC(=O)N1CCN(Cc2ccc(F)cc2)CC1)C(=O)N1Cc2ccccc2C1. The van der Waals surface area contributed by atoms with Crippen LogP contribution in [-0.2, 0) is 34.0 Å². The fraction of sp³-hybridized carbons (Fsp3) is 0.483. The predicted octanol–water partition coefficient (Wildman–Crippen LogP) is 3.69. The molecular formula is C29H37FN4O4. The fourth-order valence-electron chi connectivity index (χ4n) is 4.85. The van der Waals surface area contributed by atoms with E-state index in [1.807, 2.05) is 29.2 Å². The van der Waals surface area contributed by atoms with Crippen LogP contribution in [0.5, 0.6) is 0 Å². The van der Waals surface area contributed by atoms with Gasteiger partial charge in [0.1, 0.15) is 17.5 Å². The summed E-state index contributed by atoms with van der Waals surface area (Å²) in [7, 11) is 0. The molecule has 0 saturated carbocycles. The normalized spacial score (nSPS) is 16.6. The number of nitrogens with zero attached hydrogens (tertiary/aromatic N) is 3. The first-order valence-electron chi connectivity index (χ1n) is 13.2. The van der Waals surface area contributed by atoms with Gasteiger partial charge in [0.25, 0.3) is 0 Å². The Morgan fingerprint density at radius 1 is 0.921 bits per heavy atom. The summed E-state index contributed by atoms with van der Waals surface area (Å²) in [5, 5.41) is 2.72. The topological polar surface area (TPSA) is 82.2 Å². The Kier molecular flexibility index (Phi) is 8.66. The van der Waals surface area contributed by atoms with Crippen LogP contribution in [0, 0.1) is 5.82 Å². The Hall–Kier alpha value is -3.46. The highest BCUT2D eigenvalue weighted by atomic mass is 19.1. The van der Waals surface area contributed by atoms with Crippen LogP contribution in [0.3, 0.4) is 0 Å². The molecule has 2 aliphatic rings. The minimum Gasteiger partial charge on any atom is -0.444 e. The number of nitrogens with one attached hydrogen (secondary N) is 1. The first-order valence-corrected chi connectivity index (χ1v) is 13.2. The average Bonchev–Trinajstić information content (AvgIpc) is 3.31. The summed E-state index contributed by atoms with van der Waals surface area (Å²) in [6, 6.07) is 13.5. The van der Waals surface area contributed by atoms with Gasteiger partial charge >= 0.3 is 6.09 Å². The van der Waals surface area contributed by atoms with Crippen molar-refractivity contribution in [3.63, 3.8) is 0 Å². The van der Waals surface area contributed by atoms with Crippen molar-refractivity contribution in [1.82, 2.24) is 20.0 Å². The van der Waals surface area contributed by atoms with Gasteiger partial charge in [-0.2, -0.15) is 0 Å². The van der Waals surface area contributed by atoms with E-state index >= 15 is 0 Å². The molecule has 2 heterocycles. The van der Waals surface area contributed by atoms with Gasteiger partial charge in [0, 0.05) is 52.2 Å². The average molecular weight is 525 g/mol. The van der Waals surface area contributed by atoms with Crippen LogP contribution < -0.4 is 5.32 Å². The zero-order valence-corrected chi connectivity index (χ0v) is 22.4. The number of ether oxygens (including phenoxy) is 1. The highest BCUT2D eigenvalue weighted by molar-refractivity contribution is 5.87. The van der Waals surface area contributed by atoms with E-state index in [2.05, 4.69) is 10.2 Å². The van der Waals surface area contributed by atoms with Crippen molar-refractivity contribution in [2.75, 3.05) is 26.2 Å². The first kappa shape index (κ1) is 27.6. The van der Waals surface area contributed by atoms with Crippen molar-refractivity contribution in [1.29, 1.82) is 0 Å². The Morgan fingerprint density at radius 3 is 2.11 bits per heavy atom. The van der Waals surface area contributed by atoms with Gasteiger partial charge in [-0.15, -0.1) is 0 Å². The minimum absolute atomic E-state index is 0.0417. The van der Waals surface area contributed by atoms with Gasteiger partial charge < -0.3 is 19.9 Å². The molecule has 1 N–H and O–H groups in total. The van der Waals surface area contributed by atoms with Gasteiger partial charge in [-0.05, 0) is 56.0 Å². The summed E-state index contributed by atoms with van der Waals surface area (Å²) in [4.78, 5) is 44.8. The molecule has 0 unspecified atom stereocenters. The maximum absolute atomic E-state index is 13.4. The Bertz CT molecular complexity index is 1120. The van der Waals surface area contributed by atoms with Crippen LogP contribution in [0.2, 0.25) is 0 Å². The number of hydrogen-bond donors (Lipinski definition) is 1. The van der Waals surface area contributed by atoms with E-state index < -0.39 is 17.7 Å². The van der Waals surface area contributed by atoms with Crippen molar-refractivity contribution in [3.05, 3.63) is 71.0 Å². The quantitative estimate of drug-likeness (QED) is 0.598. The van der Waals surface area contributed by atoms with E-state index in [-0.39, 0.29) is 30.5 Å². The molecule has 4 rings (SSSR count). The molecule has 2 aliphatic heterocycles. The molecule has 1 atom stereocenters. The zero-order chi connectivity index (χ0) is 27.3. The lowest BCUT2D eigenvalue weighted by Crippen LogP contribution is -2.50. The molecule has 0 aromatic heterocycles. The molecule has 2 aromatic rings. The summed E-state index contributed by atoms with van der Waals surface area (Å²) < 4.78 is 18.6. The molecule has 38 heavy (non-hydrogen) atoms. The van der Waals surface area contributed by atoms with Gasteiger partial charge in [-0.1, -0.05) is 36.4 Å². The largest absolute Gasteiger partial charge is 0.444 e. The molecule has 3 amide bonds. The van der Waals surface area contributed by atoms with Crippen LogP contribution in [0.1, 0.15) is 50.3 Å². The Balaban J connectivity index is 1.31. The summed E-state index contributed by atoms with van der Waals surface area (Å²) in [6.45, 7) is 9.55. The van der Waals surface area contributed by atoms with Crippen molar-refractivity contribution in [2.45, 2.75) is 64.9 Å². The number of rotatable bonds is 7. The second-order valence-electron chi connectivity index (χ2n) is 11.0. The maximum Gasteiger partial charge on any atom is 0.408 e. The fourth-order valence-corrected chi connectivity index (χ4v) is 4.85. The molecular weight excluding hydrogens is 487 g/mol. The van der Waals surface area contributed by atoms with Crippen molar-refractivity contribution in [3.8, 4) is 0 Å². The standard InChI is InChI=1S/C29H37FN4O4/c1-29(2,3)38-28(37)31-25(27(36)34-19-22-6-4-5-7-23(22)20-34)12-13-26(35)33-16-14-32(15-17-33)18-21-8-10-24(30)11-9-21/h4-11,25H,12-20H2,1-3H3,(H,31,37)/t25-/m0/s1. The maximum atomic E-state index is 13.4. The molecule has 0 spiro atoms. The van der Waals surface area contributed by atoms with Crippen molar-refractivity contribution < 1.29 is 23.5 Å². The van der Waals surface area contributed by atoms with E-state index in [4.69, 9.17) is 4.74 Å². The third-order valence-electron chi connectivity index (χ3n) is 6.83. The van der Waals surface area contributed by atoms with Crippen LogP contribution in [0.4, 0.5) is 9.18 Å². The first-order chi connectivity index (χ1) is 18.1. The van der Waals surface area contributed by atoms with Crippen LogP contribution in [-0.4, -0.2) is 70.4 Å². The summed E-state index contributed by atoms with van der Waals surface area (Å²) in [5.41, 5.74) is 2.51. The number of fused-ring (bicyclic) bond motifs is 1. The summed E-state index contributed by atoms with van der Waals surface area (Å²) in [6.07, 6.45) is -0.334. The second kappa shape index (κ2) is 11.9. The molecule has 8 nitrogen and oxygen atoms in total. The number of carbonyl (C=O) groups excluding carboxylic acids is 3.